The summed E-state index contributed by atoms with van der Waals surface area (Å²) in [6.07, 6.45) is 0. The van der Waals surface area contributed by atoms with Crippen molar-refractivity contribution in [1.29, 1.82) is 0 Å². The van der Waals surface area contributed by atoms with Crippen LogP contribution in [0, 0.1) is 0 Å². The van der Waals surface area contributed by atoms with E-state index in [1.807, 2.05) is 0 Å². The normalized spacial score (nSPS) is 11.1. The topological polar surface area (TPSA) is 105 Å². The third-order valence-electron chi connectivity index (χ3n) is 3.41. The van der Waals surface area contributed by atoms with E-state index >= 15 is 0 Å². The summed E-state index contributed by atoms with van der Waals surface area (Å²) in [4.78, 5) is 0. The molecule has 0 saturated carbocycles. The zero-order chi connectivity index (χ0) is 21.2. The summed E-state index contributed by atoms with van der Waals surface area (Å²) in [6.45, 7) is 0. The second-order valence-corrected chi connectivity index (χ2v) is 8.22. The molecule has 0 heterocycles. The number of phenols is 3. The van der Waals surface area contributed by atoms with E-state index in [0.717, 1.165) is 0 Å². The van der Waals surface area contributed by atoms with Crippen LogP contribution >= 0.6 is 42.6 Å². The van der Waals surface area contributed by atoms with Gasteiger partial charge in [0.2, 0.25) is 0 Å². The molecule has 152 valence electrons. The number of phenolic OH excluding ortho intramolecular Hbond substituents is 3. The Morgan fingerprint density at radius 1 is 0.586 bits per heavy atom. The van der Waals surface area contributed by atoms with Gasteiger partial charge in [-0.1, -0.05) is 34.8 Å². The van der Waals surface area contributed by atoms with Crippen LogP contribution < -0.4 is 13.6 Å². The fourth-order valence-electron chi connectivity index (χ4n) is 2.08. The van der Waals surface area contributed by atoms with E-state index in [1.165, 1.54) is 54.6 Å². The minimum Gasteiger partial charge on any atom is -0.506 e. The lowest BCUT2D eigenvalue weighted by Crippen LogP contribution is -2.07. The van der Waals surface area contributed by atoms with Gasteiger partial charge in [-0.25, -0.2) is 0 Å². The number of hydrogen-bond acceptors (Lipinski definition) is 7. The molecule has 0 aliphatic rings. The predicted molar refractivity (Wildman–Crippen MR) is 109 cm³/mol. The molecule has 7 nitrogen and oxygen atoms in total. The van der Waals surface area contributed by atoms with Crippen LogP contribution in [0.3, 0.4) is 0 Å². The summed E-state index contributed by atoms with van der Waals surface area (Å²) in [5.74, 6) is -0.674. The number of phosphoric acid groups is 1. The van der Waals surface area contributed by atoms with E-state index in [1.54, 1.807) is 0 Å². The average molecular weight is 478 g/mol. The van der Waals surface area contributed by atoms with Crippen LogP contribution in [0.4, 0.5) is 0 Å². The standard InChI is InChI=1S/C18H12Cl3O7P/c19-13-7-10(1-4-16(13)22)26-29(25,27-11-2-5-17(23)14(20)8-11)28-12-3-6-18(24)15(21)9-12/h1-9,22-24H. The molecule has 3 rings (SSSR count). The quantitative estimate of drug-likeness (QED) is 0.352. The number of aromatic hydroxyl groups is 3. The van der Waals surface area contributed by atoms with E-state index in [-0.39, 0.29) is 49.6 Å². The van der Waals surface area contributed by atoms with Crippen LogP contribution in [0.1, 0.15) is 0 Å². The van der Waals surface area contributed by atoms with Crippen molar-refractivity contribution < 1.29 is 33.5 Å². The summed E-state index contributed by atoms with van der Waals surface area (Å²) < 4.78 is 29.5. The zero-order valence-corrected chi connectivity index (χ0v) is 17.4. The van der Waals surface area contributed by atoms with Crippen LogP contribution in [-0.4, -0.2) is 15.3 Å². The van der Waals surface area contributed by atoms with E-state index in [0.29, 0.717) is 0 Å². The molecule has 0 saturated heterocycles. The number of rotatable bonds is 6. The number of hydrogen-bond donors (Lipinski definition) is 3. The zero-order valence-electron chi connectivity index (χ0n) is 14.3. The Labute approximate surface area is 180 Å². The Morgan fingerprint density at radius 3 is 1.10 bits per heavy atom. The molecule has 11 heteroatoms. The first-order valence-corrected chi connectivity index (χ1v) is 10.4. The van der Waals surface area contributed by atoms with Crippen molar-refractivity contribution in [3.8, 4) is 34.5 Å². The van der Waals surface area contributed by atoms with Gasteiger partial charge < -0.3 is 28.9 Å². The van der Waals surface area contributed by atoms with Gasteiger partial charge in [0.15, 0.2) is 0 Å². The molecular formula is C18H12Cl3O7P. The maximum atomic E-state index is 13.3. The van der Waals surface area contributed by atoms with E-state index in [4.69, 9.17) is 48.4 Å². The Balaban J connectivity index is 1.96. The smallest absolute Gasteiger partial charge is 0.506 e. The van der Waals surface area contributed by atoms with Crippen LogP contribution in [-0.2, 0) is 4.57 Å². The maximum absolute atomic E-state index is 13.3. The minimum atomic E-state index is -4.41. The molecule has 0 aliphatic carbocycles. The third-order valence-corrected chi connectivity index (χ3v) is 5.62. The molecule has 0 spiro atoms. The third kappa shape index (κ3) is 5.34. The molecule has 0 bridgehead atoms. The fraction of sp³-hybridized carbons (Fsp3) is 0. The van der Waals surface area contributed by atoms with E-state index < -0.39 is 7.82 Å². The van der Waals surface area contributed by atoms with Gasteiger partial charge in [0, 0.05) is 18.2 Å². The lowest BCUT2D eigenvalue weighted by atomic mass is 10.3. The highest BCUT2D eigenvalue weighted by atomic mass is 35.5. The Kier molecular flexibility index (Phi) is 6.24. The van der Waals surface area contributed by atoms with Crippen molar-refractivity contribution in [3.63, 3.8) is 0 Å². The number of halogens is 3. The first-order valence-electron chi connectivity index (χ1n) is 7.79. The van der Waals surface area contributed by atoms with E-state index in [9.17, 15) is 19.9 Å². The molecule has 3 aromatic rings. The lowest BCUT2D eigenvalue weighted by Gasteiger charge is -2.20. The van der Waals surface area contributed by atoms with Gasteiger partial charge >= 0.3 is 7.82 Å². The maximum Gasteiger partial charge on any atom is 0.647 e. The lowest BCUT2D eigenvalue weighted by molar-refractivity contribution is 0.298. The van der Waals surface area contributed by atoms with Gasteiger partial charge in [-0.05, 0) is 36.4 Å². The van der Waals surface area contributed by atoms with Crippen LogP contribution in [0.2, 0.25) is 15.1 Å². The van der Waals surface area contributed by atoms with Crippen molar-refractivity contribution in [2.75, 3.05) is 0 Å². The monoisotopic (exact) mass is 476 g/mol. The molecule has 0 atom stereocenters. The van der Waals surface area contributed by atoms with Gasteiger partial charge in [0.05, 0.1) is 15.1 Å². The van der Waals surface area contributed by atoms with Gasteiger partial charge in [0.1, 0.15) is 34.5 Å². The molecule has 0 amide bonds. The highest BCUT2D eigenvalue weighted by Gasteiger charge is 2.34. The molecule has 29 heavy (non-hydrogen) atoms. The second-order valence-electron chi connectivity index (χ2n) is 5.56. The second kappa shape index (κ2) is 8.51. The predicted octanol–water partition coefficient (Wildman–Crippen LogP) is 6.41. The highest BCUT2D eigenvalue weighted by molar-refractivity contribution is 7.49. The van der Waals surface area contributed by atoms with Crippen LogP contribution in [0.25, 0.3) is 0 Å². The number of phosphoric ester groups is 1. The van der Waals surface area contributed by atoms with Gasteiger partial charge in [-0.2, -0.15) is 4.57 Å². The van der Waals surface area contributed by atoms with Crippen molar-refractivity contribution >= 4 is 42.6 Å². The molecule has 0 fully saturated rings. The fourth-order valence-corrected chi connectivity index (χ4v) is 3.82. The first-order chi connectivity index (χ1) is 13.6. The first kappa shape index (κ1) is 21.3. The summed E-state index contributed by atoms with van der Waals surface area (Å²) in [5, 5.41) is 28.4. The Hall–Kier alpha value is -2.44. The van der Waals surface area contributed by atoms with Crippen molar-refractivity contribution in [3.05, 3.63) is 69.7 Å². The van der Waals surface area contributed by atoms with Gasteiger partial charge in [-0.3, -0.25) is 0 Å². The molecule has 0 aliphatic heterocycles. The Bertz CT molecular complexity index is 970. The van der Waals surface area contributed by atoms with Crippen LogP contribution in [0.5, 0.6) is 34.5 Å². The van der Waals surface area contributed by atoms with Gasteiger partial charge in [-0.15, -0.1) is 0 Å². The average Bonchev–Trinajstić information content (AvgIpc) is 2.64. The Morgan fingerprint density at radius 2 is 0.862 bits per heavy atom. The minimum absolute atomic E-state index is 0.0223. The molecular weight excluding hydrogens is 466 g/mol. The van der Waals surface area contributed by atoms with Crippen molar-refractivity contribution in [2.24, 2.45) is 0 Å². The van der Waals surface area contributed by atoms with E-state index in [2.05, 4.69) is 0 Å². The molecule has 3 aromatic carbocycles. The molecule has 0 unspecified atom stereocenters. The molecule has 3 N–H and O–H groups in total. The van der Waals surface area contributed by atoms with Crippen LogP contribution in [0.15, 0.2) is 54.6 Å². The summed E-state index contributed by atoms with van der Waals surface area (Å²) in [5.41, 5.74) is 0. The number of benzene rings is 3. The summed E-state index contributed by atoms with van der Waals surface area (Å²) >= 11 is 17.5. The van der Waals surface area contributed by atoms with Gasteiger partial charge in [0.25, 0.3) is 0 Å². The summed E-state index contributed by atoms with van der Waals surface area (Å²) in [7, 11) is -4.41. The molecule has 0 aromatic heterocycles. The largest absolute Gasteiger partial charge is 0.647 e. The summed E-state index contributed by atoms with van der Waals surface area (Å²) in [6, 6.07) is 11.2. The van der Waals surface area contributed by atoms with Crippen molar-refractivity contribution in [2.45, 2.75) is 0 Å². The van der Waals surface area contributed by atoms with Crippen molar-refractivity contribution in [1.82, 2.24) is 0 Å². The SMILES string of the molecule is O=P(Oc1ccc(O)c(Cl)c1)(Oc1ccc(O)c(Cl)c1)Oc1ccc(O)c(Cl)c1. The molecule has 0 radical (unpaired) electrons. The highest BCUT2D eigenvalue weighted by Crippen LogP contribution is 2.51.